The van der Waals surface area contributed by atoms with Crippen LogP contribution in [0.5, 0.6) is 11.5 Å². The van der Waals surface area contributed by atoms with Gasteiger partial charge in [0.1, 0.15) is 11.5 Å². The molecule has 0 fully saturated rings. The number of fused-ring (bicyclic) bond motifs is 1. The Morgan fingerprint density at radius 2 is 1.21 bits per heavy atom. The quantitative estimate of drug-likeness (QED) is 0.214. The summed E-state index contributed by atoms with van der Waals surface area (Å²) in [5.74, 6) is 0.173. The highest BCUT2D eigenvalue weighted by molar-refractivity contribution is 7.22. The summed E-state index contributed by atoms with van der Waals surface area (Å²) < 4.78 is 12.2. The van der Waals surface area contributed by atoms with E-state index in [0.717, 1.165) is 20.5 Å². The van der Waals surface area contributed by atoms with E-state index in [1.165, 1.54) is 0 Å². The van der Waals surface area contributed by atoms with Gasteiger partial charge in [-0.3, -0.25) is 0 Å². The zero-order chi connectivity index (χ0) is 22.6. The fourth-order valence-corrected chi connectivity index (χ4v) is 4.56. The van der Waals surface area contributed by atoms with Gasteiger partial charge < -0.3 is 9.47 Å². The lowest BCUT2D eigenvalue weighted by Gasteiger charge is -2.08. The average molecular weight is 451 g/mol. The SMILES string of the molecule is O=C(Oc1ccc2cc(-c3ccccc3OC(=O)c3ccccc3)sc2c1)c1ccccc1. The van der Waals surface area contributed by atoms with E-state index < -0.39 is 11.9 Å². The van der Waals surface area contributed by atoms with E-state index in [1.807, 2.05) is 48.5 Å². The highest BCUT2D eigenvalue weighted by Gasteiger charge is 2.15. The van der Waals surface area contributed by atoms with Crippen molar-refractivity contribution in [3.63, 3.8) is 0 Å². The Bertz CT molecular complexity index is 1440. The minimum atomic E-state index is -0.403. The van der Waals surface area contributed by atoms with Crippen molar-refractivity contribution in [2.75, 3.05) is 0 Å². The molecule has 1 aromatic heterocycles. The van der Waals surface area contributed by atoms with Gasteiger partial charge in [-0.1, -0.05) is 48.5 Å². The van der Waals surface area contributed by atoms with Gasteiger partial charge in [0.15, 0.2) is 0 Å². The van der Waals surface area contributed by atoms with E-state index in [1.54, 1.807) is 72.0 Å². The van der Waals surface area contributed by atoms with Gasteiger partial charge in [-0.15, -0.1) is 11.3 Å². The molecule has 0 spiro atoms. The molecule has 0 saturated carbocycles. The van der Waals surface area contributed by atoms with E-state index in [-0.39, 0.29) is 0 Å². The number of carbonyl (C=O) groups excluding carboxylic acids is 2. The molecule has 33 heavy (non-hydrogen) atoms. The first-order valence-corrected chi connectivity index (χ1v) is 11.2. The van der Waals surface area contributed by atoms with Crippen LogP contribution in [0.3, 0.4) is 0 Å². The molecule has 4 aromatic carbocycles. The highest BCUT2D eigenvalue weighted by Crippen LogP contribution is 2.39. The zero-order valence-electron chi connectivity index (χ0n) is 17.4. The molecule has 5 heteroatoms. The normalized spacial score (nSPS) is 10.7. The molecule has 4 nitrogen and oxygen atoms in total. The Morgan fingerprint density at radius 3 is 1.91 bits per heavy atom. The summed E-state index contributed by atoms with van der Waals surface area (Å²) >= 11 is 1.54. The summed E-state index contributed by atoms with van der Waals surface area (Å²) in [5, 5.41) is 1.01. The number of thiophene rings is 1. The first kappa shape index (κ1) is 20.7. The number of hydrogen-bond acceptors (Lipinski definition) is 5. The lowest BCUT2D eigenvalue weighted by Crippen LogP contribution is -2.08. The molecule has 1 heterocycles. The molecule has 0 atom stereocenters. The van der Waals surface area contributed by atoms with Crippen LogP contribution < -0.4 is 9.47 Å². The van der Waals surface area contributed by atoms with Gasteiger partial charge in [0.25, 0.3) is 0 Å². The summed E-state index contributed by atoms with van der Waals surface area (Å²) in [4.78, 5) is 25.9. The molecule has 0 bridgehead atoms. The largest absolute Gasteiger partial charge is 0.423 e. The molecule has 5 rings (SSSR count). The minimum Gasteiger partial charge on any atom is -0.423 e. The van der Waals surface area contributed by atoms with E-state index >= 15 is 0 Å². The third-order valence-corrected chi connectivity index (χ3v) is 6.21. The van der Waals surface area contributed by atoms with Crippen LogP contribution in [0.15, 0.2) is 109 Å². The van der Waals surface area contributed by atoms with Gasteiger partial charge >= 0.3 is 11.9 Å². The van der Waals surface area contributed by atoms with Crippen LogP contribution in [-0.4, -0.2) is 11.9 Å². The van der Waals surface area contributed by atoms with Gasteiger partial charge in [-0.2, -0.15) is 0 Å². The molecule has 0 radical (unpaired) electrons. The molecule has 0 aliphatic rings. The maximum absolute atomic E-state index is 12.6. The summed E-state index contributed by atoms with van der Waals surface area (Å²) in [7, 11) is 0. The number of ether oxygens (including phenoxy) is 2. The molecule has 0 N–H and O–H groups in total. The number of carbonyl (C=O) groups is 2. The van der Waals surface area contributed by atoms with Crippen molar-refractivity contribution in [1.82, 2.24) is 0 Å². The van der Waals surface area contributed by atoms with Crippen molar-refractivity contribution in [3.8, 4) is 21.9 Å². The number of esters is 2. The minimum absolute atomic E-state index is 0.398. The molecule has 160 valence electrons. The smallest absolute Gasteiger partial charge is 0.343 e. The van der Waals surface area contributed by atoms with Crippen molar-refractivity contribution in [2.24, 2.45) is 0 Å². The van der Waals surface area contributed by atoms with Crippen LogP contribution >= 0.6 is 11.3 Å². The lowest BCUT2D eigenvalue weighted by atomic mass is 10.1. The van der Waals surface area contributed by atoms with Crippen LogP contribution in [0.1, 0.15) is 20.7 Å². The van der Waals surface area contributed by atoms with Crippen molar-refractivity contribution < 1.29 is 19.1 Å². The zero-order valence-corrected chi connectivity index (χ0v) is 18.3. The Kier molecular flexibility index (Phi) is 5.70. The fourth-order valence-electron chi connectivity index (χ4n) is 3.44. The van der Waals surface area contributed by atoms with Gasteiger partial charge in [-0.25, -0.2) is 9.59 Å². The maximum atomic E-state index is 12.6. The van der Waals surface area contributed by atoms with Crippen LogP contribution in [-0.2, 0) is 0 Å². The second-order valence-electron chi connectivity index (χ2n) is 7.32. The van der Waals surface area contributed by atoms with E-state index in [0.29, 0.717) is 22.6 Å². The van der Waals surface area contributed by atoms with Crippen LogP contribution in [0.2, 0.25) is 0 Å². The van der Waals surface area contributed by atoms with Gasteiger partial charge in [0.05, 0.1) is 11.1 Å². The molecule has 0 saturated heterocycles. The van der Waals surface area contributed by atoms with Crippen molar-refractivity contribution in [3.05, 3.63) is 120 Å². The molecule has 0 amide bonds. The van der Waals surface area contributed by atoms with Crippen LogP contribution in [0.4, 0.5) is 0 Å². The lowest BCUT2D eigenvalue weighted by molar-refractivity contribution is 0.0725. The van der Waals surface area contributed by atoms with E-state index in [4.69, 9.17) is 9.47 Å². The predicted octanol–water partition coefficient (Wildman–Crippen LogP) is 7.01. The predicted molar refractivity (Wildman–Crippen MR) is 130 cm³/mol. The Morgan fingerprint density at radius 1 is 0.606 bits per heavy atom. The third-order valence-electron chi connectivity index (χ3n) is 5.08. The van der Waals surface area contributed by atoms with Crippen LogP contribution in [0.25, 0.3) is 20.5 Å². The summed E-state index contributed by atoms with van der Waals surface area (Å²) in [6.45, 7) is 0. The first-order valence-electron chi connectivity index (χ1n) is 10.3. The Hall–Kier alpha value is -4.22. The highest BCUT2D eigenvalue weighted by atomic mass is 32.1. The summed E-state index contributed by atoms with van der Waals surface area (Å²) in [6.07, 6.45) is 0. The third kappa shape index (κ3) is 4.54. The molecule has 0 aliphatic heterocycles. The van der Waals surface area contributed by atoms with Crippen molar-refractivity contribution >= 4 is 33.4 Å². The topological polar surface area (TPSA) is 52.6 Å². The molecule has 0 unspecified atom stereocenters. The first-order chi connectivity index (χ1) is 16.2. The average Bonchev–Trinajstić information content (AvgIpc) is 3.28. The monoisotopic (exact) mass is 450 g/mol. The number of para-hydroxylation sites is 1. The fraction of sp³-hybridized carbons (Fsp3) is 0. The Labute approximate surface area is 194 Å². The second kappa shape index (κ2) is 9.10. The number of benzene rings is 4. The van der Waals surface area contributed by atoms with Gasteiger partial charge in [0.2, 0.25) is 0 Å². The standard InChI is InChI=1S/C28H18O4S/c29-27(19-9-3-1-4-10-19)31-22-16-15-21-17-26(33-25(21)18-22)23-13-7-8-14-24(23)32-28(30)20-11-5-2-6-12-20/h1-18H. The number of rotatable bonds is 5. The molecular formula is C28H18O4S. The molecular weight excluding hydrogens is 432 g/mol. The Balaban J connectivity index is 1.42. The second-order valence-corrected chi connectivity index (χ2v) is 8.40. The summed E-state index contributed by atoms with van der Waals surface area (Å²) in [5.41, 5.74) is 1.82. The van der Waals surface area contributed by atoms with Crippen LogP contribution in [0, 0.1) is 0 Å². The van der Waals surface area contributed by atoms with Crippen molar-refractivity contribution in [1.29, 1.82) is 0 Å². The van der Waals surface area contributed by atoms with Gasteiger partial charge in [-0.05, 0) is 66.0 Å². The molecule has 0 aliphatic carbocycles. The van der Waals surface area contributed by atoms with Crippen molar-refractivity contribution in [2.45, 2.75) is 0 Å². The van der Waals surface area contributed by atoms with Gasteiger partial charge in [0, 0.05) is 15.1 Å². The molecule has 5 aromatic rings. The van der Waals surface area contributed by atoms with E-state index in [2.05, 4.69) is 0 Å². The number of hydrogen-bond donors (Lipinski definition) is 0. The summed E-state index contributed by atoms with van der Waals surface area (Å²) in [6, 6.07) is 32.8. The maximum Gasteiger partial charge on any atom is 0.343 e. The van der Waals surface area contributed by atoms with E-state index in [9.17, 15) is 9.59 Å².